The first-order chi connectivity index (χ1) is 11.3. The fourth-order valence-electron chi connectivity index (χ4n) is 2.01. The summed E-state index contributed by atoms with van der Waals surface area (Å²) in [6.07, 6.45) is 8.31. The third-order valence-corrected chi connectivity index (χ3v) is 3.04. The summed E-state index contributed by atoms with van der Waals surface area (Å²) in [5.74, 6) is 4.44. The average Bonchev–Trinajstić information content (AvgIpc) is 2.53. The average molecular weight is 327 g/mol. The summed E-state index contributed by atoms with van der Waals surface area (Å²) >= 11 is 0. The topological polar surface area (TPSA) is 48.0 Å². The summed E-state index contributed by atoms with van der Waals surface area (Å²) < 4.78 is 16.3. The Morgan fingerprint density at radius 2 is 1.83 bits per heavy atom. The Morgan fingerprint density at radius 3 is 2.38 bits per heavy atom. The predicted molar refractivity (Wildman–Crippen MR) is 91.6 cm³/mol. The molecule has 126 valence electrons. The van der Waals surface area contributed by atoms with Gasteiger partial charge in [-0.25, -0.2) is 4.79 Å². The Bertz CT molecular complexity index is 702. The summed E-state index contributed by atoms with van der Waals surface area (Å²) in [5, 5.41) is 0. The molecule has 2 rings (SSSR count). The highest BCUT2D eigenvalue weighted by molar-refractivity contribution is 5.71. The molecule has 0 radical (unpaired) electrons. The largest absolute Gasteiger partial charge is 0.497 e. The summed E-state index contributed by atoms with van der Waals surface area (Å²) in [6.45, 7) is 5.67. The predicted octanol–water partition coefficient (Wildman–Crippen LogP) is 3.73. The van der Waals surface area contributed by atoms with E-state index in [-0.39, 0.29) is 6.54 Å². The maximum absolute atomic E-state index is 12.2. The molecule has 1 aliphatic heterocycles. The minimum absolute atomic E-state index is 0.242. The van der Waals surface area contributed by atoms with E-state index in [9.17, 15) is 4.79 Å². The first-order valence-corrected chi connectivity index (χ1v) is 7.51. The molecule has 0 bridgehead atoms. The van der Waals surface area contributed by atoms with Gasteiger partial charge in [-0.15, -0.1) is 6.42 Å². The number of methoxy groups -OCH3 is 1. The fourth-order valence-corrected chi connectivity index (χ4v) is 2.01. The molecule has 0 aromatic heterocycles. The number of hydrogen-bond donors (Lipinski definition) is 0. The highest BCUT2D eigenvalue weighted by atomic mass is 16.6. The SMILES string of the molecule is C#CC1=CN(C(=O)OC(C)(C)C)CC(Oc2ccc(OC)cc2)=C1. The van der Waals surface area contributed by atoms with Crippen LogP contribution in [0.2, 0.25) is 0 Å². The van der Waals surface area contributed by atoms with Crippen LogP contribution >= 0.6 is 0 Å². The van der Waals surface area contributed by atoms with E-state index < -0.39 is 11.7 Å². The first-order valence-electron chi connectivity index (χ1n) is 7.51. The lowest BCUT2D eigenvalue weighted by atomic mass is 10.2. The maximum Gasteiger partial charge on any atom is 0.414 e. The van der Waals surface area contributed by atoms with Crippen LogP contribution in [0.25, 0.3) is 0 Å². The molecule has 1 aromatic rings. The molecule has 5 nitrogen and oxygen atoms in total. The molecule has 0 fully saturated rings. The second-order valence-corrected chi connectivity index (χ2v) is 6.23. The maximum atomic E-state index is 12.2. The number of benzene rings is 1. The van der Waals surface area contributed by atoms with Gasteiger partial charge in [-0.1, -0.05) is 5.92 Å². The molecule has 0 N–H and O–H groups in total. The van der Waals surface area contributed by atoms with Crippen molar-refractivity contribution in [2.24, 2.45) is 0 Å². The molecule has 0 saturated carbocycles. The Balaban J connectivity index is 2.13. The molecule has 0 unspecified atom stereocenters. The molecule has 0 aliphatic carbocycles. The third-order valence-electron chi connectivity index (χ3n) is 3.04. The zero-order chi connectivity index (χ0) is 17.7. The monoisotopic (exact) mass is 327 g/mol. The number of carbonyl (C=O) groups is 1. The van der Waals surface area contributed by atoms with Crippen LogP contribution in [0.3, 0.4) is 0 Å². The van der Waals surface area contributed by atoms with Gasteiger partial charge in [0, 0.05) is 11.8 Å². The van der Waals surface area contributed by atoms with E-state index in [2.05, 4.69) is 5.92 Å². The van der Waals surface area contributed by atoms with Gasteiger partial charge in [0.15, 0.2) is 0 Å². The molecule has 1 heterocycles. The molecule has 0 atom stereocenters. The Hall–Kier alpha value is -2.87. The minimum Gasteiger partial charge on any atom is -0.497 e. The van der Waals surface area contributed by atoms with Crippen LogP contribution in [-0.2, 0) is 4.74 Å². The van der Waals surface area contributed by atoms with Gasteiger partial charge in [0.2, 0.25) is 0 Å². The van der Waals surface area contributed by atoms with Crippen molar-refractivity contribution in [3.05, 3.63) is 47.9 Å². The Labute approximate surface area is 142 Å². The lowest BCUT2D eigenvalue weighted by molar-refractivity contribution is 0.0333. The Kier molecular flexibility index (Phi) is 5.20. The van der Waals surface area contributed by atoms with Crippen LogP contribution in [0.15, 0.2) is 47.9 Å². The number of terminal acetylenes is 1. The van der Waals surface area contributed by atoms with Gasteiger partial charge < -0.3 is 14.2 Å². The van der Waals surface area contributed by atoms with E-state index in [1.807, 2.05) is 20.8 Å². The smallest absolute Gasteiger partial charge is 0.414 e. The third kappa shape index (κ3) is 4.82. The van der Waals surface area contributed by atoms with Crippen molar-refractivity contribution in [1.29, 1.82) is 0 Å². The van der Waals surface area contributed by atoms with Gasteiger partial charge in [-0.05, 0) is 51.1 Å². The van der Waals surface area contributed by atoms with Crippen molar-refractivity contribution in [2.45, 2.75) is 26.4 Å². The standard InChI is InChI=1S/C19H21NO4/c1-6-14-11-17(23-16-9-7-15(22-5)8-10-16)13-20(12-14)18(21)24-19(2,3)4/h1,7-12H,13H2,2-5H3. The van der Waals surface area contributed by atoms with Gasteiger partial charge in [-0.3, -0.25) is 4.90 Å². The van der Waals surface area contributed by atoms with E-state index in [0.29, 0.717) is 17.1 Å². The highest BCUT2D eigenvalue weighted by Crippen LogP contribution is 2.23. The Morgan fingerprint density at radius 1 is 1.21 bits per heavy atom. The minimum atomic E-state index is -0.584. The molecule has 5 heteroatoms. The van der Waals surface area contributed by atoms with Crippen LogP contribution in [0.5, 0.6) is 11.5 Å². The second kappa shape index (κ2) is 7.14. The number of nitrogens with zero attached hydrogens (tertiary/aromatic N) is 1. The summed E-state index contributed by atoms with van der Waals surface area (Å²) in [7, 11) is 1.60. The van der Waals surface area contributed by atoms with Crippen LogP contribution in [0.1, 0.15) is 20.8 Å². The van der Waals surface area contributed by atoms with Crippen molar-refractivity contribution in [3.8, 4) is 23.8 Å². The van der Waals surface area contributed by atoms with E-state index in [1.165, 1.54) is 4.90 Å². The van der Waals surface area contributed by atoms with E-state index >= 15 is 0 Å². The number of ether oxygens (including phenoxy) is 3. The van der Waals surface area contributed by atoms with Crippen molar-refractivity contribution < 1.29 is 19.0 Å². The van der Waals surface area contributed by atoms with Crippen molar-refractivity contribution >= 4 is 6.09 Å². The van der Waals surface area contributed by atoms with Crippen molar-refractivity contribution in [1.82, 2.24) is 4.90 Å². The van der Waals surface area contributed by atoms with Crippen molar-refractivity contribution in [2.75, 3.05) is 13.7 Å². The van der Waals surface area contributed by atoms with Gasteiger partial charge in [0.1, 0.15) is 22.9 Å². The zero-order valence-corrected chi connectivity index (χ0v) is 14.3. The zero-order valence-electron chi connectivity index (χ0n) is 14.3. The number of carbonyl (C=O) groups excluding carboxylic acids is 1. The van der Waals surface area contributed by atoms with E-state index in [0.717, 1.165) is 5.75 Å². The summed E-state index contributed by atoms with van der Waals surface area (Å²) in [6, 6.07) is 7.15. The molecule has 1 aliphatic rings. The quantitative estimate of drug-likeness (QED) is 0.794. The molecule has 1 aromatic carbocycles. The normalized spacial score (nSPS) is 14.2. The molecular formula is C19H21NO4. The van der Waals surface area contributed by atoms with Gasteiger partial charge in [0.05, 0.1) is 13.7 Å². The number of allylic oxidation sites excluding steroid dienone is 2. The summed E-state index contributed by atoms with van der Waals surface area (Å²) in [5.41, 5.74) is -0.0463. The van der Waals surface area contributed by atoms with Crippen molar-refractivity contribution in [3.63, 3.8) is 0 Å². The molecule has 0 saturated heterocycles. The van der Waals surface area contributed by atoms with Crippen LogP contribution in [0, 0.1) is 12.3 Å². The molecule has 0 spiro atoms. The molecule has 24 heavy (non-hydrogen) atoms. The number of amides is 1. The first kappa shape index (κ1) is 17.5. The fraction of sp³-hybridized carbons (Fsp3) is 0.316. The molecule has 1 amide bonds. The van der Waals surface area contributed by atoms with Gasteiger partial charge >= 0.3 is 6.09 Å². The molecular weight excluding hydrogens is 306 g/mol. The van der Waals surface area contributed by atoms with Crippen LogP contribution in [-0.4, -0.2) is 30.2 Å². The van der Waals surface area contributed by atoms with E-state index in [1.54, 1.807) is 43.7 Å². The summed E-state index contributed by atoms with van der Waals surface area (Å²) in [4.78, 5) is 13.7. The van der Waals surface area contributed by atoms with Crippen LogP contribution < -0.4 is 9.47 Å². The van der Waals surface area contributed by atoms with Crippen LogP contribution in [0.4, 0.5) is 4.79 Å². The van der Waals surface area contributed by atoms with Gasteiger partial charge in [-0.2, -0.15) is 0 Å². The number of rotatable bonds is 3. The lowest BCUT2D eigenvalue weighted by Crippen LogP contribution is -2.36. The second-order valence-electron chi connectivity index (χ2n) is 6.23. The highest BCUT2D eigenvalue weighted by Gasteiger charge is 2.24. The van der Waals surface area contributed by atoms with Gasteiger partial charge in [0.25, 0.3) is 0 Å². The number of hydrogen-bond acceptors (Lipinski definition) is 4. The van der Waals surface area contributed by atoms with E-state index in [4.69, 9.17) is 20.6 Å². The lowest BCUT2D eigenvalue weighted by Gasteiger charge is -2.27.